The summed E-state index contributed by atoms with van der Waals surface area (Å²) in [5.74, 6) is 0.701. The summed E-state index contributed by atoms with van der Waals surface area (Å²) >= 11 is 0. The average molecular weight is 570 g/mol. The maximum atomic E-state index is 13.9. The van der Waals surface area contributed by atoms with Crippen molar-refractivity contribution in [1.29, 1.82) is 0 Å². The summed E-state index contributed by atoms with van der Waals surface area (Å²) in [6.45, 7) is 2.23. The second kappa shape index (κ2) is 11.9. The third-order valence-electron chi connectivity index (χ3n) is 8.04. The molecule has 0 saturated carbocycles. The van der Waals surface area contributed by atoms with Gasteiger partial charge in [-0.2, -0.15) is 18.3 Å². The van der Waals surface area contributed by atoms with Gasteiger partial charge in [-0.15, -0.1) is 0 Å². The molecule has 2 amide bonds. The van der Waals surface area contributed by atoms with E-state index in [-0.39, 0.29) is 18.4 Å². The largest absolute Gasteiger partial charge is 0.496 e. The van der Waals surface area contributed by atoms with Crippen LogP contribution in [-0.4, -0.2) is 65.3 Å². The van der Waals surface area contributed by atoms with Gasteiger partial charge in [0, 0.05) is 24.8 Å². The van der Waals surface area contributed by atoms with Crippen LogP contribution >= 0.6 is 0 Å². The minimum atomic E-state index is -4.46. The number of likely N-dealkylation sites (tertiary alicyclic amines) is 1. The number of nitrogens with zero attached hydrogens (tertiary/aromatic N) is 3. The molecule has 218 valence electrons. The monoisotopic (exact) mass is 569 g/mol. The van der Waals surface area contributed by atoms with Crippen LogP contribution in [0.4, 0.5) is 13.2 Å². The van der Waals surface area contributed by atoms with Gasteiger partial charge in [0.15, 0.2) is 0 Å². The zero-order valence-corrected chi connectivity index (χ0v) is 22.9. The predicted octanol–water partition coefficient (Wildman–Crippen LogP) is 4.22. The average Bonchev–Trinajstić information content (AvgIpc) is 3.45. The number of ether oxygens (including phenoxy) is 1. The number of alkyl halides is 3. The van der Waals surface area contributed by atoms with E-state index >= 15 is 0 Å². The van der Waals surface area contributed by atoms with E-state index in [0.29, 0.717) is 56.2 Å². The molecule has 0 aliphatic carbocycles. The Hall–Kier alpha value is -3.86. The summed E-state index contributed by atoms with van der Waals surface area (Å²) in [7, 11) is 1.66. The number of nitrogens with one attached hydrogen (secondary N) is 2. The summed E-state index contributed by atoms with van der Waals surface area (Å²) in [4.78, 5) is 28.9. The smallest absolute Gasteiger partial charge is 0.416 e. The molecule has 3 heterocycles. The molecule has 0 bridgehead atoms. The first-order valence-corrected chi connectivity index (χ1v) is 13.8. The molecule has 2 N–H and O–H groups in total. The second-order valence-corrected chi connectivity index (χ2v) is 10.7. The van der Waals surface area contributed by atoms with Gasteiger partial charge in [-0.1, -0.05) is 30.3 Å². The normalized spacial score (nSPS) is 17.7. The molecule has 2 aliphatic heterocycles. The van der Waals surface area contributed by atoms with Gasteiger partial charge in [0.2, 0.25) is 11.8 Å². The summed E-state index contributed by atoms with van der Waals surface area (Å²) in [6.07, 6.45) is -0.357. The molecule has 2 aromatic carbocycles. The number of hydrogen-bond acceptors (Lipinski definition) is 5. The highest BCUT2D eigenvalue weighted by Crippen LogP contribution is 2.35. The summed E-state index contributed by atoms with van der Waals surface area (Å²) in [6, 6.07) is 14.4. The van der Waals surface area contributed by atoms with Gasteiger partial charge in [0.25, 0.3) is 0 Å². The summed E-state index contributed by atoms with van der Waals surface area (Å²) < 4.78 is 46.3. The van der Waals surface area contributed by atoms with Crippen molar-refractivity contribution in [3.05, 3.63) is 71.9 Å². The topological polar surface area (TPSA) is 88.5 Å². The van der Waals surface area contributed by atoms with Gasteiger partial charge in [-0.05, 0) is 74.5 Å². The van der Waals surface area contributed by atoms with Crippen molar-refractivity contribution in [1.82, 2.24) is 25.3 Å². The van der Waals surface area contributed by atoms with E-state index in [1.165, 1.54) is 10.7 Å². The molecule has 0 unspecified atom stereocenters. The molecule has 2 fully saturated rings. The minimum absolute atomic E-state index is 0.0732. The molecular formula is C30H34F3N5O3. The van der Waals surface area contributed by atoms with Crippen molar-refractivity contribution >= 4 is 11.8 Å². The predicted molar refractivity (Wildman–Crippen MR) is 147 cm³/mol. The first-order valence-electron chi connectivity index (χ1n) is 13.8. The van der Waals surface area contributed by atoms with Crippen LogP contribution < -0.4 is 15.4 Å². The Morgan fingerprint density at radius 3 is 2.51 bits per heavy atom. The Bertz CT molecular complexity index is 1380. The van der Waals surface area contributed by atoms with E-state index in [2.05, 4.69) is 21.8 Å². The Kier molecular flexibility index (Phi) is 8.35. The Morgan fingerprint density at radius 1 is 1.07 bits per heavy atom. The number of hydrogen-bond donors (Lipinski definition) is 2. The Morgan fingerprint density at radius 2 is 1.80 bits per heavy atom. The second-order valence-electron chi connectivity index (χ2n) is 10.7. The van der Waals surface area contributed by atoms with Crippen molar-refractivity contribution in [3.8, 4) is 17.0 Å². The molecule has 0 atom stereocenters. The van der Waals surface area contributed by atoms with Gasteiger partial charge in [-0.25, -0.2) is 0 Å². The lowest BCUT2D eigenvalue weighted by Gasteiger charge is -2.42. The third-order valence-corrected chi connectivity index (χ3v) is 8.04. The zero-order chi connectivity index (χ0) is 29.0. The summed E-state index contributed by atoms with van der Waals surface area (Å²) in [5.41, 5.74) is 0.00248. The molecular weight excluding hydrogens is 535 g/mol. The van der Waals surface area contributed by atoms with Crippen LogP contribution in [0.15, 0.2) is 60.8 Å². The lowest BCUT2D eigenvalue weighted by molar-refractivity contribution is -0.144. The van der Waals surface area contributed by atoms with Crippen molar-refractivity contribution in [2.24, 2.45) is 0 Å². The number of methoxy groups -OCH3 is 1. The van der Waals surface area contributed by atoms with Crippen molar-refractivity contribution in [2.45, 2.75) is 49.9 Å². The van der Waals surface area contributed by atoms with Gasteiger partial charge >= 0.3 is 6.18 Å². The Labute approximate surface area is 236 Å². The van der Waals surface area contributed by atoms with Crippen molar-refractivity contribution < 1.29 is 27.5 Å². The van der Waals surface area contributed by atoms with Crippen LogP contribution in [0.25, 0.3) is 11.3 Å². The van der Waals surface area contributed by atoms with E-state index in [4.69, 9.17) is 4.74 Å². The molecule has 8 nitrogen and oxygen atoms in total. The van der Waals surface area contributed by atoms with Crippen LogP contribution in [0, 0.1) is 0 Å². The molecule has 5 rings (SSSR count). The SMILES string of the molecule is COc1ccccc1C1CCN(C(=O)C2(NC(=O)Cn3ccc(-c4cccc(C(F)(F)F)c4)n3)CCNCC2)CC1. The van der Waals surface area contributed by atoms with Gasteiger partial charge in [0.1, 0.15) is 17.8 Å². The quantitative estimate of drug-likeness (QED) is 0.445. The highest BCUT2D eigenvalue weighted by molar-refractivity contribution is 5.91. The van der Waals surface area contributed by atoms with Gasteiger partial charge < -0.3 is 20.3 Å². The van der Waals surface area contributed by atoms with Gasteiger partial charge in [-0.3, -0.25) is 14.3 Å². The minimum Gasteiger partial charge on any atom is -0.496 e. The number of carbonyl (C=O) groups is 2. The van der Waals surface area contributed by atoms with Crippen LogP contribution in [0.3, 0.4) is 0 Å². The number of piperidine rings is 2. The fraction of sp³-hybridized carbons (Fsp3) is 0.433. The van der Waals surface area contributed by atoms with Crippen LogP contribution in [0.1, 0.15) is 42.7 Å². The van der Waals surface area contributed by atoms with Crippen LogP contribution in [0.5, 0.6) is 5.75 Å². The molecule has 2 aliphatic rings. The fourth-order valence-corrected chi connectivity index (χ4v) is 5.86. The van der Waals surface area contributed by atoms with E-state index in [1.807, 2.05) is 23.1 Å². The fourth-order valence-electron chi connectivity index (χ4n) is 5.86. The molecule has 3 aromatic rings. The number of rotatable bonds is 7. The molecule has 1 aromatic heterocycles. The van der Waals surface area contributed by atoms with E-state index in [1.54, 1.807) is 25.4 Å². The molecule has 11 heteroatoms. The third kappa shape index (κ3) is 6.40. The number of carbonyl (C=O) groups excluding carboxylic acids is 2. The van der Waals surface area contributed by atoms with Crippen molar-refractivity contribution in [2.75, 3.05) is 33.3 Å². The lowest BCUT2D eigenvalue weighted by atomic mass is 9.84. The molecule has 0 radical (unpaired) electrons. The zero-order valence-electron chi connectivity index (χ0n) is 22.9. The number of halogens is 3. The lowest BCUT2D eigenvalue weighted by Crippen LogP contribution is -2.64. The first kappa shape index (κ1) is 28.7. The van der Waals surface area contributed by atoms with Gasteiger partial charge in [0.05, 0.1) is 18.4 Å². The number of para-hydroxylation sites is 1. The number of aromatic nitrogens is 2. The highest BCUT2D eigenvalue weighted by Gasteiger charge is 2.44. The maximum absolute atomic E-state index is 13.9. The first-order chi connectivity index (χ1) is 19.7. The van der Waals surface area contributed by atoms with Crippen LogP contribution in [-0.2, 0) is 22.3 Å². The molecule has 41 heavy (non-hydrogen) atoms. The standard InChI is InChI=1S/C30H34F3N5O3/c1-41-26-8-3-2-7-24(26)21-9-16-37(17-10-21)28(40)29(12-14-34-15-13-29)35-27(39)20-38-18-11-25(36-38)22-5-4-6-23(19-22)30(31,32)33/h2-8,11,18-19,21,34H,9-10,12-17,20H2,1H3,(H,35,39). The molecule has 0 spiro atoms. The maximum Gasteiger partial charge on any atom is 0.416 e. The van der Waals surface area contributed by atoms with Crippen molar-refractivity contribution in [3.63, 3.8) is 0 Å². The van der Waals surface area contributed by atoms with E-state index in [0.717, 1.165) is 36.3 Å². The van der Waals surface area contributed by atoms with Crippen LogP contribution in [0.2, 0.25) is 0 Å². The van der Waals surface area contributed by atoms with E-state index in [9.17, 15) is 22.8 Å². The highest BCUT2D eigenvalue weighted by atomic mass is 19.4. The molecule has 2 saturated heterocycles. The van der Waals surface area contributed by atoms with E-state index < -0.39 is 17.3 Å². The number of benzene rings is 2. The number of amides is 2. The summed E-state index contributed by atoms with van der Waals surface area (Å²) in [5, 5.41) is 10.6. The Balaban J connectivity index is 1.24.